The smallest absolute Gasteiger partial charge is 0.0736 e. The van der Waals surface area contributed by atoms with Gasteiger partial charge in [0.05, 0.1) is 6.21 Å². The molecule has 0 spiro atoms. The Balaban J connectivity index is 2.88. The van der Waals surface area contributed by atoms with Crippen LogP contribution in [0.3, 0.4) is 0 Å². The van der Waals surface area contributed by atoms with Crippen molar-refractivity contribution >= 4 is 11.8 Å². The van der Waals surface area contributed by atoms with Crippen LogP contribution < -0.4 is 0 Å². The molecule has 0 aliphatic heterocycles. The van der Waals surface area contributed by atoms with E-state index in [1.54, 1.807) is 0 Å². The molecule has 80 valence electrons. The van der Waals surface area contributed by atoms with Crippen LogP contribution in [0.5, 0.6) is 0 Å². The molecule has 0 saturated carbocycles. The molecule has 0 heterocycles. The van der Waals surface area contributed by atoms with E-state index in [4.69, 9.17) is 5.21 Å². The van der Waals surface area contributed by atoms with Crippen molar-refractivity contribution in [3.8, 4) is 0 Å². The van der Waals surface area contributed by atoms with E-state index in [9.17, 15) is 0 Å². The van der Waals surface area contributed by atoms with Gasteiger partial charge in [-0.15, -0.1) is 0 Å². The van der Waals surface area contributed by atoms with Gasteiger partial charge in [0.15, 0.2) is 0 Å². The largest absolute Gasteiger partial charge is 0.411 e. The molecule has 0 aromatic heterocycles. The van der Waals surface area contributed by atoms with E-state index < -0.39 is 0 Å². The second-order valence-corrected chi connectivity index (χ2v) is 3.90. The summed E-state index contributed by atoms with van der Waals surface area (Å²) in [7, 11) is 0. The standard InChI is InChI=1S/C13H17NO/c1-11(2)8-9-13(10-14-15)12-6-4-3-5-7-12/h3-7,9-11,15H,8H2,1-2H3/b13-9-,14-10+. The van der Waals surface area contributed by atoms with Crippen molar-refractivity contribution < 1.29 is 5.21 Å². The van der Waals surface area contributed by atoms with Gasteiger partial charge in [-0.2, -0.15) is 0 Å². The molecule has 1 rings (SSSR count). The van der Waals surface area contributed by atoms with Crippen LogP contribution in [-0.2, 0) is 0 Å². The fourth-order valence-corrected chi connectivity index (χ4v) is 1.30. The molecule has 0 atom stereocenters. The Bertz CT molecular complexity index is 339. The van der Waals surface area contributed by atoms with Crippen LogP contribution in [0.25, 0.3) is 5.57 Å². The predicted octanol–water partition coefficient (Wildman–Crippen LogP) is 3.58. The highest BCUT2D eigenvalue weighted by Crippen LogP contribution is 2.14. The highest BCUT2D eigenvalue weighted by atomic mass is 16.4. The second kappa shape index (κ2) is 6.02. The molecule has 1 aromatic carbocycles. The van der Waals surface area contributed by atoms with Crippen molar-refractivity contribution in [2.75, 3.05) is 0 Å². The molecular weight excluding hydrogens is 186 g/mol. The topological polar surface area (TPSA) is 32.6 Å². The second-order valence-electron chi connectivity index (χ2n) is 3.90. The predicted molar refractivity (Wildman–Crippen MR) is 64.2 cm³/mol. The number of hydrogen-bond donors (Lipinski definition) is 1. The first kappa shape index (κ1) is 11.5. The Morgan fingerprint density at radius 2 is 2.00 bits per heavy atom. The summed E-state index contributed by atoms with van der Waals surface area (Å²) in [4.78, 5) is 0. The minimum Gasteiger partial charge on any atom is -0.411 e. The summed E-state index contributed by atoms with van der Waals surface area (Å²) >= 11 is 0. The third kappa shape index (κ3) is 3.98. The molecule has 0 unspecified atom stereocenters. The Morgan fingerprint density at radius 1 is 1.33 bits per heavy atom. The van der Waals surface area contributed by atoms with Gasteiger partial charge in [-0.05, 0) is 23.5 Å². The first-order valence-electron chi connectivity index (χ1n) is 5.17. The molecular formula is C13H17NO. The third-order valence-corrected chi connectivity index (χ3v) is 2.11. The van der Waals surface area contributed by atoms with Crippen molar-refractivity contribution in [2.45, 2.75) is 20.3 Å². The fraction of sp³-hybridized carbons (Fsp3) is 0.308. The van der Waals surface area contributed by atoms with Gasteiger partial charge in [0.25, 0.3) is 0 Å². The zero-order chi connectivity index (χ0) is 11.1. The first-order chi connectivity index (χ1) is 7.24. The summed E-state index contributed by atoms with van der Waals surface area (Å²) in [6.45, 7) is 4.32. The van der Waals surface area contributed by atoms with E-state index in [0.29, 0.717) is 5.92 Å². The van der Waals surface area contributed by atoms with Gasteiger partial charge in [-0.1, -0.05) is 55.4 Å². The first-order valence-corrected chi connectivity index (χ1v) is 5.17. The van der Waals surface area contributed by atoms with Gasteiger partial charge in [0.2, 0.25) is 0 Å². The zero-order valence-electron chi connectivity index (χ0n) is 9.22. The Kier molecular flexibility index (Phi) is 4.61. The van der Waals surface area contributed by atoms with Crippen LogP contribution in [0.1, 0.15) is 25.8 Å². The lowest BCUT2D eigenvalue weighted by atomic mass is 10.0. The molecule has 2 nitrogen and oxygen atoms in total. The van der Waals surface area contributed by atoms with Gasteiger partial charge >= 0.3 is 0 Å². The Morgan fingerprint density at radius 3 is 2.53 bits per heavy atom. The summed E-state index contributed by atoms with van der Waals surface area (Å²) in [6.07, 6.45) is 4.56. The SMILES string of the molecule is CC(C)C/C=C(/C=N/O)c1ccccc1. The molecule has 1 N–H and O–H groups in total. The van der Waals surface area contributed by atoms with E-state index in [2.05, 4.69) is 25.1 Å². The van der Waals surface area contributed by atoms with Crippen LogP contribution in [0.4, 0.5) is 0 Å². The molecule has 2 heteroatoms. The van der Waals surface area contributed by atoms with Gasteiger partial charge in [0.1, 0.15) is 0 Å². The number of oxime groups is 1. The number of benzene rings is 1. The van der Waals surface area contributed by atoms with Crippen LogP contribution >= 0.6 is 0 Å². The molecule has 0 radical (unpaired) electrons. The van der Waals surface area contributed by atoms with Crippen LogP contribution in [0.2, 0.25) is 0 Å². The van der Waals surface area contributed by atoms with E-state index in [1.807, 2.05) is 30.3 Å². The van der Waals surface area contributed by atoms with Gasteiger partial charge in [-0.3, -0.25) is 0 Å². The number of rotatable bonds is 4. The number of nitrogens with zero attached hydrogens (tertiary/aromatic N) is 1. The Labute approximate surface area is 90.9 Å². The molecule has 0 aliphatic carbocycles. The quantitative estimate of drug-likeness (QED) is 0.453. The number of allylic oxidation sites excluding steroid dienone is 2. The van der Waals surface area contributed by atoms with E-state index in [1.165, 1.54) is 6.21 Å². The molecule has 0 aliphatic rings. The van der Waals surface area contributed by atoms with Crippen molar-refractivity contribution in [3.05, 3.63) is 42.0 Å². The lowest BCUT2D eigenvalue weighted by Crippen LogP contribution is -1.89. The van der Waals surface area contributed by atoms with E-state index in [-0.39, 0.29) is 0 Å². The highest BCUT2D eigenvalue weighted by molar-refractivity contribution is 6.09. The molecule has 0 amide bonds. The summed E-state index contributed by atoms with van der Waals surface area (Å²) < 4.78 is 0. The third-order valence-electron chi connectivity index (χ3n) is 2.11. The maximum atomic E-state index is 8.59. The zero-order valence-corrected chi connectivity index (χ0v) is 9.22. The summed E-state index contributed by atoms with van der Waals surface area (Å²) in [5.41, 5.74) is 2.04. The van der Waals surface area contributed by atoms with Crippen LogP contribution in [0, 0.1) is 5.92 Å². The minimum absolute atomic E-state index is 0.607. The molecule has 15 heavy (non-hydrogen) atoms. The summed E-state index contributed by atoms with van der Waals surface area (Å²) in [5, 5.41) is 11.7. The molecule has 1 aromatic rings. The van der Waals surface area contributed by atoms with Crippen LogP contribution in [0.15, 0.2) is 41.6 Å². The highest BCUT2D eigenvalue weighted by Gasteiger charge is 1.98. The van der Waals surface area contributed by atoms with Crippen molar-refractivity contribution in [2.24, 2.45) is 11.1 Å². The van der Waals surface area contributed by atoms with Crippen LogP contribution in [-0.4, -0.2) is 11.4 Å². The van der Waals surface area contributed by atoms with Crippen molar-refractivity contribution in [3.63, 3.8) is 0 Å². The van der Waals surface area contributed by atoms with Gasteiger partial charge < -0.3 is 5.21 Å². The lowest BCUT2D eigenvalue weighted by molar-refractivity contribution is 0.322. The Hall–Kier alpha value is -1.57. The van der Waals surface area contributed by atoms with Crippen molar-refractivity contribution in [1.29, 1.82) is 0 Å². The molecule has 0 fully saturated rings. The van der Waals surface area contributed by atoms with E-state index in [0.717, 1.165) is 17.6 Å². The monoisotopic (exact) mass is 203 g/mol. The fourth-order valence-electron chi connectivity index (χ4n) is 1.30. The lowest BCUT2D eigenvalue weighted by Gasteiger charge is -2.03. The summed E-state index contributed by atoms with van der Waals surface area (Å²) in [5.74, 6) is 0.607. The average Bonchev–Trinajstić information content (AvgIpc) is 2.25. The molecule has 0 saturated heterocycles. The van der Waals surface area contributed by atoms with Gasteiger partial charge in [-0.25, -0.2) is 0 Å². The van der Waals surface area contributed by atoms with Gasteiger partial charge in [0, 0.05) is 0 Å². The van der Waals surface area contributed by atoms with Crippen molar-refractivity contribution in [1.82, 2.24) is 0 Å². The maximum Gasteiger partial charge on any atom is 0.0736 e. The normalized spacial score (nSPS) is 12.6. The molecule has 0 bridgehead atoms. The maximum absolute atomic E-state index is 8.59. The summed E-state index contributed by atoms with van der Waals surface area (Å²) in [6, 6.07) is 9.94. The minimum atomic E-state index is 0.607. The average molecular weight is 203 g/mol. The number of hydrogen-bond acceptors (Lipinski definition) is 2. The van der Waals surface area contributed by atoms with E-state index >= 15 is 0 Å².